The normalized spacial score (nSPS) is 16.3. The number of pyridine rings is 1. The quantitative estimate of drug-likeness (QED) is 0.468. The van der Waals surface area contributed by atoms with Crippen molar-refractivity contribution in [1.29, 1.82) is 0 Å². The summed E-state index contributed by atoms with van der Waals surface area (Å²) in [6, 6.07) is 18.3. The van der Waals surface area contributed by atoms with Gasteiger partial charge in [-0.3, -0.25) is 9.78 Å². The summed E-state index contributed by atoms with van der Waals surface area (Å²) < 4.78 is 13.3. The number of hydrogen-bond donors (Lipinski definition) is 2. The van der Waals surface area contributed by atoms with Crippen molar-refractivity contribution >= 4 is 17.5 Å². The first-order valence-electron chi connectivity index (χ1n) is 11.3. The molecule has 0 bridgehead atoms. The van der Waals surface area contributed by atoms with Gasteiger partial charge >= 0.3 is 0 Å². The number of aromatic nitrogens is 4. The van der Waals surface area contributed by atoms with Crippen molar-refractivity contribution < 1.29 is 14.3 Å². The number of benzene rings is 2. The van der Waals surface area contributed by atoms with Crippen LogP contribution in [-0.4, -0.2) is 38.9 Å². The SMILES string of the molecule is CC1=C(C(=O)Nc2ccccc2)C(c2ccc3c(c2)OCCO3)n2nc(-c3cccnc3)nc2N1. The number of allylic oxidation sites excluding steroid dienone is 1. The fourth-order valence-corrected chi connectivity index (χ4v) is 4.32. The highest BCUT2D eigenvalue weighted by Gasteiger charge is 2.35. The van der Waals surface area contributed by atoms with Crippen LogP contribution in [0.25, 0.3) is 11.4 Å². The minimum absolute atomic E-state index is 0.231. The van der Waals surface area contributed by atoms with Crippen LogP contribution >= 0.6 is 0 Å². The van der Waals surface area contributed by atoms with Crippen LogP contribution < -0.4 is 20.1 Å². The van der Waals surface area contributed by atoms with Crippen molar-refractivity contribution in [1.82, 2.24) is 19.7 Å². The molecule has 4 aromatic rings. The first-order chi connectivity index (χ1) is 17.2. The summed E-state index contributed by atoms with van der Waals surface area (Å²) in [4.78, 5) is 22.5. The molecule has 2 aliphatic heterocycles. The van der Waals surface area contributed by atoms with Crippen LogP contribution in [0, 0.1) is 0 Å². The molecule has 0 spiro atoms. The topological polar surface area (TPSA) is 103 Å². The van der Waals surface area contributed by atoms with Crippen LogP contribution in [0.4, 0.5) is 11.6 Å². The maximum absolute atomic E-state index is 13.6. The summed E-state index contributed by atoms with van der Waals surface area (Å²) in [7, 11) is 0. The molecule has 35 heavy (non-hydrogen) atoms. The van der Waals surface area contributed by atoms with Crippen molar-refractivity contribution in [3.8, 4) is 22.9 Å². The molecule has 1 amide bonds. The predicted molar refractivity (Wildman–Crippen MR) is 130 cm³/mol. The molecule has 1 unspecified atom stereocenters. The van der Waals surface area contributed by atoms with Crippen LogP contribution in [-0.2, 0) is 4.79 Å². The third-order valence-corrected chi connectivity index (χ3v) is 5.93. The Hall–Kier alpha value is -4.66. The zero-order valence-corrected chi connectivity index (χ0v) is 18.9. The average Bonchev–Trinajstić information content (AvgIpc) is 3.32. The van der Waals surface area contributed by atoms with Gasteiger partial charge in [-0.1, -0.05) is 24.3 Å². The number of fused-ring (bicyclic) bond motifs is 2. The smallest absolute Gasteiger partial charge is 0.255 e. The van der Waals surface area contributed by atoms with E-state index in [-0.39, 0.29) is 5.91 Å². The van der Waals surface area contributed by atoms with Crippen LogP contribution in [0.1, 0.15) is 18.5 Å². The predicted octanol–water partition coefficient (Wildman–Crippen LogP) is 4.04. The van der Waals surface area contributed by atoms with Gasteiger partial charge in [-0.25, -0.2) is 4.68 Å². The molecule has 2 aliphatic rings. The van der Waals surface area contributed by atoms with E-state index in [1.165, 1.54) is 0 Å². The minimum atomic E-state index is -0.538. The third kappa shape index (κ3) is 3.86. The second-order valence-electron chi connectivity index (χ2n) is 8.23. The maximum Gasteiger partial charge on any atom is 0.255 e. The number of hydrogen-bond acceptors (Lipinski definition) is 7. The summed E-state index contributed by atoms with van der Waals surface area (Å²) in [5.41, 5.74) is 3.54. The van der Waals surface area contributed by atoms with Gasteiger partial charge in [0.05, 0.1) is 5.57 Å². The number of nitrogens with one attached hydrogen (secondary N) is 2. The lowest BCUT2D eigenvalue weighted by molar-refractivity contribution is -0.113. The minimum Gasteiger partial charge on any atom is -0.486 e. The lowest BCUT2D eigenvalue weighted by Gasteiger charge is -2.29. The number of para-hydroxylation sites is 1. The third-order valence-electron chi connectivity index (χ3n) is 5.93. The Morgan fingerprint density at radius 2 is 1.89 bits per heavy atom. The zero-order valence-electron chi connectivity index (χ0n) is 18.9. The number of ether oxygens (including phenoxy) is 2. The van der Waals surface area contributed by atoms with Gasteiger partial charge in [0.2, 0.25) is 5.95 Å². The van der Waals surface area contributed by atoms with Gasteiger partial charge in [-0.2, -0.15) is 4.98 Å². The summed E-state index contributed by atoms with van der Waals surface area (Å²) in [5, 5.41) is 11.1. The average molecular weight is 467 g/mol. The molecule has 1 atom stereocenters. The van der Waals surface area contributed by atoms with Gasteiger partial charge in [-0.05, 0) is 48.9 Å². The summed E-state index contributed by atoms with van der Waals surface area (Å²) >= 11 is 0. The van der Waals surface area contributed by atoms with E-state index in [9.17, 15) is 4.79 Å². The molecule has 174 valence electrons. The van der Waals surface area contributed by atoms with Gasteiger partial charge in [0, 0.05) is 29.3 Å². The Labute approximate surface area is 201 Å². The van der Waals surface area contributed by atoms with Crippen molar-refractivity contribution in [3.63, 3.8) is 0 Å². The molecule has 2 aromatic heterocycles. The number of amides is 1. The first kappa shape index (κ1) is 20.9. The molecular weight excluding hydrogens is 444 g/mol. The number of carbonyl (C=O) groups excluding carboxylic acids is 1. The Morgan fingerprint density at radius 3 is 2.69 bits per heavy atom. The maximum atomic E-state index is 13.6. The van der Waals surface area contributed by atoms with Gasteiger partial charge in [0.1, 0.15) is 19.3 Å². The van der Waals surface area contributed by atoms with Crippen molar-refractivity contribution in [3.05, 3.63) is 89.9 Å². The lowest BCUT2D eigenvalue weighted by atomic mass is 9.94. The molecular formula is C26H22N6O3. The van der Waals surface area contributed by atoms with Crippen LogP contribution in [0.2, 0.25) is 0 Å². The molecule has 0 saturated heterocycles. The zero-order chi connectivity index (χ0) is 23.8. The molecule has 2 N–H and O–H groups in total. The highest BCUT2D eigenvalue weighted by Crippen LogP contribution is 2.40. The van der Waals surface area contributed by atoms with E-state index in [4.69, 9.17) is 19.6 Å². The molecule has 4 heterocycles. The molecule has 9 nitrogen and oxygen atoms in total. The molecule has 0 radical (unpaired) electrons. The van der Waals surface area contributed by atoms with E-state index in [1.54, 1.807) is 17.1 Å². The van der Waals surface area contributed by atoms with Crippen molar-refractivity contribution in [2.45, 2.75) is 13.0 Å². The molecule has 0 fully saturated rings. The largest absolute Gasteiger partial charge is 0.486 e. The second-order valence-corrected chi connectivity index (χ2v) is 8.23. The van der Waals surface area contributed by atoms with E-state index < -0.39 is 6.04 Å². The van der Waals surface area contributed by atoms with Crippen molar-refractivity contribution in [2.24, 2.45) is 0 Å². The number of nitrogens with zero attached hydrogens (tertiary/aromatic N) is 4. The highest BCUT2D eigenvalue weighted by molar-refractivity contribution is 6.06. The Bertz CT molecular complexity index is 1430. The van der Waals surface area contributed by atoms with E-state index >= 15 is 0 Å². The Balaban J connectivity index is 1.46. The first-order valence-corrected chi connectivity index (χ1v) is 11.3. The second kappa shape index (κ2) is 8.60. The Morgan fingerprint density at radius 1 is 1.06 bits per heavy atom. The highest BCUT2D eigenvalue weighted by atomic mass is 16.6. The van der Waals surface area contributed by atoms with Crippen molar-refractivity contribution in [2.75, 3.05) is 23.8 Å². The lowest BCUT2D eigenvalue weighted by Crippen LogP contribution is -2.31. The van der Waals surface area contributed by atoms with E-state index in [2.05, 4.69) is 15.6 Å². The van der Waals surface area contributed by atoms with Crippen LogP contribution in [0.3, 0.4) is 0 Å². The summed E-state index contributed by atoms with van der Waals surface area (Å²) in [6.45, 7) is 2.84. The van der Waals surface area contributed by atoms with Gasteiger partial charge < -0.3 is 20.1 Å². The fourth-order valence-electron chi connectivity index (χ4n) is 4.32. The molecule has 0 aliphatic carbocycles. The van der Waals surface area contributed by atoms with E-state index in [0.717, 1.165) is 11.1 Å². The summed E-state index contributed by atoms with van der Waals surface area (Å²) in [6.07, 6.45) is 3.41. The fraction of sp³-hybridized carbons (Fsp3) is 0.154. The molecule has 0 saturated carbocycles. The molecule has 2 aromatic carbocycles. The number of anilines is 2. The monoisotopic (exact) mass is 466 g/mol. The van der Waals surface area contributed by atoms with Crippen LogP contribution in [0.15, 0.2) is 84.3 Å². The van der Waals surface area contributed by atoms with Gasteiger partial charge in [0.25, 0.3) is 5.91 Å². The number of carbonyl (C=O) groups is 1. The van der Waals surface area contributed by atoms with E-state index in [0.29, 0.717) is 53.4 Å². The van der Waals surface area contributed by atoms with Crippen LogP contribution in [0.5, 0.6) is 11.5 Å². The van der Waals surface area contributed by atoms with Gasteiger partial charge in [-0.15, -0.1) is 5.10 Å². The molecule has 6 rings (SSSR count). The van der Waals surface area contributed by atoms with Gasteiger partial charge in [0.15, 0.2) is 17.3 Å². The molecule has 9 heteroatoms. The summed E-state index contributed by atoms with van der Waals surface area (Å²) in [5.74, 6) is 2.14. The standard InChI is InChI=1S/C26H22N6O3/c1-16-22(25(33)29-19-7-3-2-4-8-19)23(17-9-10-20-21(14-17)35-13-12-34-20)32-26(28-16)30-24(31-32)18-6-5-11-27-15-18/h2-11,14-15,23H,12-13H2,1H3,(H,29,33)(H,28,30,31). The number of rotatable bonds is 4. The van der Waals surface area contributed by atoms with E-state index in [1.807, 2.05) is 67.6 Å². The Kier molecular flexibility index (Phi) is 5.14.